The number of para-hydroxylation sites is 4. The highest BCUT2D eigenvalue weighted by molar-refractivity contribution is 6.04. The van der Waals surface area contributed by atoms with E-state index in [0.717, 1.165) is 33.7 Å². The number of anilines is 3. The van der Waals surface area contributed by atoms with Crippen molar-refractivity contribution in [3.63, 3.8) is 0 Å². The van der Waals surface area contributed by atoms with E-state index in [-0.39, 0.29) is 0 Å². The summed E-state index contributed by atoms with van der Waals surface area (Å²) in [5.41, 5.74) is 7.78. The maximum absolute atomic E-state index is 4.84. The predicted molar refractivity (Wildman–Crippen MR) is 149 cm³/mol. The lowest BCUT2D eigenvalue weighted by atomic mass is 10.0. The second kappa shape index (κ2) is 9.28. The molecule has 0 saturated carbocycles. The predicted octanol–water partition coefficient (Wildman–Crippen LogP) is 9.03. The van der Waals surface area contributed by atoms with E-state index in [4.69, 9.17) is 4.98 Å². The summed E-state index contributed by atoms with van der Waals surface area (Å²) in [7, 11) is 0. The summed E-state index contributed by atoms with van der Waals surface area (Å²) in [6.07, 6.45) is 4.40. The van der Waals surface area contributed by atoms with E-state index < -0.39 is 0 Å². The summed E-state index contributed by atoms with van der Waals surface area (Å²) in [6, 6.07) is 46.4. The van der Waals surface area contributed by atoms with E-state index in [1.54, 1.807) is 0 Å². The number of nitrogens with zero attached hydrogens (tertiary/aromatic N) is 2. The molecule has 0 spiro atoms. The standard InChI is InChI=1S/C33H24N2/c1-3-11-26(12-4-1)35(27-13-5-2-6-14-27)28-22-19-25(20-23-28)21-24-29-30-15-7-9-17-32(30)34-33-18-10-8-16-31(29)33/h1-24H/b24-21+. The molecule has 0 radical (unpaired) electrons. The maximum atomic E-state index is 4.84. The van der Waals surface area contributed by atoms with Gasteiger partial charge in [0.2, 0.25) is 0 Å². The van der Waals surface area contributed by atoms with Crippen molar-refractivity contribution in [2.75, 3.05) is 4.90 Å². The second-order valence-corrected chi connectivity index (χ2v) is 8.49. The summed E-state index contributed by atoms with van der Waals surface area (Å²) in [5.74, 6) is 0. The molecule has 35 heavy (non-hydrogen) atoms. The van der Waals surface area contributed by atoms with Crippen LogP contribution in [0.5, 0.6) is 0 Å². The van der Waals surface area contributed by atoms with Crippen LogP contribution in [0.2, 0.25) is 0 Å². The minimum absolute atomic E-state index is 1.02. The highest BCUT2D eigenvalue weighted by atomic mass is 15.1. The van der Waals surface area contributed by atoms with Gasteiger partial charge in [-0.2, -0.15) is 0 Å². The monoisotopic (exact) mass is 448 g/mol. The topological polar surface area (TPSA) is 16.1 Å². The molecule has 0 fully saturated rings. The highest BCUT2D eigenvalue weighted by Gasteiger charge is 2.11. The summed E-state index contributed by atoms with van der Waals surface area (Å²) in [4.78, 5) is 7.12. The van der Waals surface area contributed by atoms with Gasteiger partial charge in [-0.05, 0) is 59.7 Å². The van der Waals surface area contributed by atoms with Gasteiger partial charge in [-0.15, -0.1) is 0 Å². The Balaban J connectivity index is 1.38. The molecule has 0 amide bonds. The molecule has 6 rings (SSSR count). The Morgan fingerprint density at radius 2 is 0.886 bits per heavy atom. The van der Waals surface area contributed by atoms with Gasteiger partial charge in [0.25, 0.3) is 0 Å². The van der Waals surface area contributed by atoms with Crippen molar-refractivity contribution >= 4 is 51.0 Å². The van der Waals surface area contributed by atoms with Gasteiger partial charge in [-0.1, -0.05) is 97.1 Å². The van der Waals surface area contributed by atoms with Crippen LogP contribution in [-0.2, 0) is 0 Å². The lowest BCUT2D eigenvalue weighted by Gasteiger charge is -2.25. The van der Waals surface area contributed by atoms with Crippen LogP contribution in [-0.4, -0.2) is 4.98 Å². The van der Waals surface area contributed by atoms with Gasteiger partial charge in [-0.25, -0.2) is 4.98 Å². The molecular weight excluding hydrogens is 424 g/mol. The molecule has 1 heterocycles. The first-order chi connectivity index (χ1) is 17.4. The Hall–Kier alpha value is -4.69. The molecule has 0 N–H and O–H groups in total. The molecule has 6 aromatic rings. The summed E-state index contributed by atoms with van der Waals surface area (Å²) in [5, 5.41) is 2.33. The fraction of sp³-hybridized carbons (Fsp3) is 0. The quantitative estimate of drug-likeness (QED) is 0.245. The van der Waals surface area contributed by atoms with Crippen molar-refractivity contribution in [2.24, 2.45) is 0 Å². The van der Waals surface area contributed by atoms with E-state index in [9.17, 15) is 0 Å². The van der Waals surface area contributed by atoms with Gasteiger partial charge in [-0.3, -0.25) is 0 Å². The zero-order valence-electron chi connectivity index (χ0n) is 19.3. The number of pyridine rings is 1. The number of hydrogen-bond acceptors (Lipinski definition) is 2. The third-order valence-electron chi connectivity index (χ3n) is 6.25. The molecular formula is C33H24N2. The molecule has 0 aliphatic heterocycles. The van der Waals surface area contributed by atoms with Gasteiger partial charge in [0, 0.05) is 27.8 Å². The SMILES string of the molecule is C(=C\c1c2ccccc2nc2ccccc12)/c1ccc(N(c2ccccc2)c2ccccc2)cc1. The minimum Gasteiger partial charge on any atom is -0.311 e. The average Bonchev–Trinajstić information content (AvgIpc) is 2.93. The summed E-state index contributed by atoms with van der Waals surface area (Å²) < 4.78 is 0. The van der Waals surface area contributed by atoms with Gasteiger partial charge < -0.3 is 4.90 Å². The number of aromatic nitrogens is 1. The molecule has 0 unspecified atom stereocenters. The Morgan fingerprint density at radius 3 is 1.43 bits per heavy atom. The zero-order chi connectivity index (χ0) is 23.5. The van der Waals surface area contributed by atoms with Crippen LogP contribution in [0.3, 0.4) is 0 Å². The molecule has 0 bridgehead atoms. The average molecular weight is 449 g/mol. The molecule has 0 saturated heterocycles. The third-order valence-corrected chi connectivity index (χ3v) is 6.25. The fourth-order valence-electron chi connectivity index (χ4n) is 4.57. The molecule has 0 atom stereocenters. The Morgan fingerprint density at radius 1 is 0.429 bits per heavy atom. The Kier molecular flexibility index (Phi) is 5.54. The molecule has 166 valence electrons. The molecule has 5 aromatic carbocycles. The van der Waals surface area contributed by atoms with Gasteiger partial charge >= 0.3 is 0 Å². The van der Waals surface area contributed by atoms with E-state index in [1.165, 1.54) is 16.3 Å². The van der Waals surface area contributed by atoms with Gasteiger partial charge in [0.05, 0.1) is 11.0 Å². The first-order valence-corrected chi connectivity index (χ1v) is 11.8. The largest absolute Gasteiger partial charge is 0.311 e. The van der Waals surface area contributed by atoms with Crippen LogP contribution in [0.4, 0.5) is 17.1 Å². The van der Waals surface area contributed by atoms with Crippen LogP contribution < -0.4 is 4.90 Å². The summed E-state index contributed by atoms with van der Waals surface area (Å²) >= 11 is 0. The van der Waals surface area contributed by atoms with Crippen LogP contribution in [0.25, 0.3) is 34.0 Å². The van der Waals surface area contributed by atoms with Crippen LogP contribution in [0, 0.1) is 0 Å². The Bertz CT molecular complexity index is 1530. The third kappa shape index (κ3) is 4.18. The smallest absolute Gasteiger partial charge is 0.0715 e. The van der Waals surface area contributed by atoms with E-state index in [2.05, 4.69) is 126 Å². The van der Waals surface area contributed by atoms with Crippen molar-refractivity contribution in [1.29, 1.82) is 0 Å². The lowest BCUT2D eigenvalue weighted by molar-refractivity contribution is 1.28. The van der Waals surface area contributed by atoms with Crippen molar-refractivity contribution in [3.8, 4) is 0 Å². The van der Waals surface area contributed by atoms with Crippen molar-refractivity contribution < 1.29 is 0 Å². The molecule has 2 heteroatoms. The number of hydrogen-bond donors (Lipinski definition) is 0. The van der Waals surface area contributed by atoms with Crippen LogP contribution >= 0.6 is 0 Å². The molecule has 2 nitrogen and oxygen atoms in total. The Labute approximate surface area is 205 Å². The minimum atomic E-state index is 1.02. The second-order valence-electron chi connectivity index (χ2n) is 8.49. The van der Waals surface area contributed by atoms with Crippen molar-refractivity contribution in [2.45, 2.75) is 0 Å². The number of fused-ring (bicyclic) bond motifs is 2. The van der Waals surface area contributed by atoms with E-state index >= 15 is 0 Å². The highest BCUT2D eigenvalue weighted by Crippen LogP contribution is 2.34. The van der Waals surface area contributed by atoms with Crippen molar-refractivity contribution in [3.05, 3.63) is 145 Å². The van der Waals surface area contributed by atoms with E-state index in [0.29, 0.717) is 0 Å². The molecule has 1 aromatic heterocycles. The summed E-state index contributed by atoms with van der Waals surface area (Å²) in [6.45, 7) is 0. The van der Waals surface area contributed by atoms with E-state index in [1.807, 2.05) is 24.3 Å². The first-order valence-electron chi connectivity index (χ1n) is 11.8. The fourth-order valence-corrected chi connectivity index (χ4v) is 4.57. The normalized spacial score (nSPS) is 11.3. The van der Waals surface area contributed by atoms with Gasteiger partial charge in [0.1, 0.15) is 0 Å². The number of benzene rings is 5. The van der Waals surface area contributed by atoms with Gasteiger partial charge in [0.15, 0.2) is 0 Å². The number of rotatable bonds is 5. The maximum Gasteiger partial charge on any atom is 0.0715 e. The molecule has 0 aliphatic carbocycles. The van der Waals surface area contributed by atoms with Crippen molar-refractivity contribution in [1.82, 2.24) is 4.98 Å². The first kappa shape index (κ1) is 20.9. The molecule has 0 aliphatic rings. The zero-order valence-corrected chi connectivity index (χ0v) is 19.3. The van der Waals surface area contributed by atoms with Crippen LogP contribution in [0.15, 0.2) is 133 Å². The van der Waals surface area contributed by atoms with Crippen LogP contribution in [0.1, 0.15) is 11.1 Å². The lowest BCUT2D eigenvalue weighted by Crippen LogP contribution is -2.09.